The van der Waals surface area contributed by atoms with Crippen molar-refractivity contribution in [3.63, 3.8) is 0 Å². The number of aldehydes is 1. The normalized spacial score (nSPS) is 14.4. The molecule has 8 heteroatoms. The van der Waals surface area contributed by atoms with Gasteiger partial charge in [0, 0.05) is 40.8 Å². The first-order valence-electron chi connectivity index (χ1n) is 10.7. The quantitative estimate of drug-likeness (QED) is 0.489. The fraction of sp³-hybridized carbons (Fsp3) is 0.375. The van der Waals surface area contributed by atoms with Crippen LogP contribution in [0.15, 0.2) is 16.9 Å². The average molecular weight is 442 g/mol. The average Bonchev–Trinajstić information content (AvgIpc) is 3.19. The summed E-state index contributed by atoms with van der Waals surface area (Å²) >= 11 is 0. The molecule has 0 fully saturated rings. The number of carbonyl (C=O) groups excluding carboxylic acids is 1. The Morgan fingerprint density at radius 1 is 1.22 bits per heavy atom. The first-order chi connectivity index (χ1) is 15.5. The van der Waals surface area contributed by atoms with Crippen LogP contribution in [0.25, 0.3) is 22.3 Å². The van der Waals surface area contributed by atoms with E-state index in [1.807, 2.05) is 13.8 Å². The van der Waals surface area contributed by atoms with Crippen molar-refractivity contribution in [2.75, 3.05) is 7.11 Å². The molecule has 1 N–H and O–H groups in total. The summed E-state index contributed by atoms with van der Waals surface area (Å²) in [5.41, 5.74) is 3.28. The van der Waals surface area contributed by atoms with Gasteiger partial charge in [0.1, 0.15) is 6.10 Å². The van der Waals surface area contributed by atoms with Crippen LogP contribution in [0.5, 0.6) is 0 Å². The molecule has 5 rings (SSSR count). The second-order valence-electron chi connectivity index (χ2n) is 7.68. The standard InChI is InChI=1S/C22H18F2N2O4.C2H6/c1-30-9-14-12(18(28)8-27)5-17-21-13(7-26(17)22(14)29)10-3-2-4-11-19(10)16(25-21)6-15(23)20(11)24;1-2/h5-6,8,18,28H,2-4,7,9H2,1H3;1-2H3. The summed E-state index contributed by atoms with van der Waals surface area (Å²) in [7, 11) is 1.42. The zero-order chi connectivity index (χ0) is 23.2. The summed E-state index contributed by atoms with van der Waals surface area (Å²) in [5.74, 6) is -1.78. The van der Waals surface area contributed by atoms with Crippen molar-refractivity contribution >= 4 is 17.2 Å². The predicted octanol–water partition coefficient (Wildman–Crippen LogP) is 3.60. The summed E-state index contributed by atoms with van der Waals surface area (Å²) in [4.78, 5) is 28.9. The number of halogens is 2. The van der Waals surface area contributed by atoms with Crippen LogP contribution >= 0.6 is 0 Å². The Morgan fingerprint density at radius 3 is 2.62 bits per heavy atom. The Labute approximate surface area is 183 Å². The van der Waals surface area contributed by atoms with Crippen molar-refractivity contribution in [1.29, 1.82) is 0 Å². The number of nitrogens with zero attached hydrogens (tertiary/aromatic N) is 2. The number of hydrogen-bond acceptors (Lipinski definition) is 5. The van der Waals surface area contributed by atoms with E-state index in [0.717, 1.165) is 17.2 Å². The Balaban J connectivity index is 0.00000119. The first kappa shape index (κ1) is 22.2. The smallest absolute Gasteiger partial charge is 0.257 e. The number of ether oxygens (including phenoxy) is 1. The second kappa shape index (κ2) is 8.52. The fourth-order valence-electron chi connectivity index (χ4n) is 4.75. The van der Waals surface area contributed by atoms with Gasteiger partial charge in [-0.1, -0.05) is 13.8 Å². The van der Waals surface area contributed by atoms with Crippen LogP contribution in [0.1, 0.15) is 54.2 Å². The van der Waals surface area contributed by atoms with Crippen LogP contribution < -0.4 is 5.56 Å². The number of rotatable bonds is 4. The Morgan fingerprint density at radius 2 is 1.94 bits per heavy atom. The molecule has 0 bridgehead atoms. The number of aliphatic hydroxyl groups excluding tert-OH is 1. The molecule has 2 aliphatic rings. The maximum absolute atomic E-state index is 14.4. The zero-order valence-electron chi connectivity index (χ0n) is 18.2. The van der Waals surface area contributed by atoms with Crippen molar-refractivity contribution in [1.82, 2.24) is 9.55 Å². The summed E-state index contributed by atoms with van der Waals surface area (Å²) in [5, 5.41) is 10.8. The highest BCUT2D eigenvalue weighted by Gasteiger charge is 2.32. The van der Waals surface area contributed by atoms with Gasteiger partial charge >= 0.3 is 0 Å². The number of pyridine rings is 2. The highest BCUT2D eigenvalue weighted by molar-refractivity contribution is 5.91. The highest BCUT2D eigenvalue weighted by Crippen LogP contribution is 2.41. The lowest BCUT2D eigenvalue weighted by molar-refractivity contribution is -0.115. The molecule has 6 nitrogen and oxygen atoms in total. The lowest BCUT2D eigenvalue weighted by Gasteiger charge is -2.20. The molecule has 1 unspecified atom stereocenters. The monoisotopic (exact) mass is 442 g/mol. The van der Waals surface area contributed by atoms with Gasteiger partial charge in [-0.15, -0.1) is 0 Å². The van der Waals surface area contributed by atoms with E-state index in [9.17, 15) is 23.5 Å². The minimum Gasteiger partial charge on any atom is -0.381 e. The van der Waals surface area contributed by atoms with Gasteiger partial charge in [-0.2, -0.15) is 0 Å². The molecule has 1 aromatic carbocycles. The van der Waals surface area contributed by atoms with Gasteiger partial charge in [-0.25, -0.2) is 13.8 Å². The van der Waals surface area contributed by atoms with Gasteiger partial charge in [0.15, 0.2) is 17.9 Å². The third kappa shape index (κ3) is 3.17. The lowest BCUT2D eigenvalue weighted by atomic mass is 9.86. The zero-order valence-corrected chi connectivity index (χ0v) is 18.2. The number of aryl methyl sites for hydroxylation is 2. The van der Waals surface area contributed by atoms with Crippen LogP contribution in [0.4, 0.5) is 8.78 Å². The molecule has 1 aliphatic heterocycles. The fourth-order valence-corrected chi connectivity index (χ4v) is 4.75. The number of benzene rings is 1. The van der Waals surface area contributed by atoms with Crippen molar-refractivity contribution in [2.24, 2.45) is 0 Å². The summed E-state index contributed by atoms with van der Waals surface area (Å²) in [6.07, 6.45) is 0.664. The minimum atomic E-state index is -1.48. The molecule has 1 aliphatic carbocycles. The Bertz CT molecular complexity index is 1300. The van der Waals surface area contributed by atoms with Gasteiger partial charge < -0.3 is 19.2 Å². The van der Waals surface area contributed by atoms with E-state index in [0.29, 0.717) is 53.4 Å². The van der Waals surface area contributed by atoms with Crippen molar-refractivity contribution in [3.05, 3.63) is 61.9 Å². The molecular formula is C24H24F2N2O4. The Hall–Kier alpha value is -2.97. The molecule has 32 heavy (non-hydrogen) atoms. The molecular weight excluding hydrogens is 418 g/mol. The van der Waals surface area contributed by atoms with Crippen LogP contribution in [0.2, 0.25) is 0 Å². The number of aliphatic hydroxyl groups is 1. The number of fused-ring (bicyclic) bond motifs is 4. The van der Waals surface area contributed by atoms with Crippen molar-refractivity contribution < 1.29 is 23.4 Å². The maximum atomic E-state index is 14.4. The van der Waals surface area contributed by atoms with E-state index in [1.54, 1.807) is 6.07 Å². The third-order valence-electron chi connectivity index (χ3n) is 6.06. The van der Waals surface area contributed by atoms with Crippen molar-refractivity contribution in [3.8, 4) is 11.4 Å². The third-order valence-corrected chi connectivity index (χ3v) is 6.06. The molecule has 0 saturated carbocycles. The second-order valence-corrected chi connectivity index (χ2v) is 7.68. The van der Waals surface area contributed by atoms with E-state index in [4.69, 9.17) is 4.74 Å². The van der Waals surface area contributed by atoms with Crippen molar-refractivity contribution in [2.45, 2.75) is 52.4 Å². The first-order valence-corrected chi connectivity index (χ1v) is 10.7. The van der Waals surface area contributed by atoms with Gasteiger partial charge in [-0.3, -0.25) is 4.79 Å². The molecule has 0 saturated heterocycles. The molecule has 3 heterocycles. The van der Waals surface area contributed by atoms with E-state index < -0.39 is 17.7 Å². The Kier molecular flexibility index (Phi) is 5.92. The number of methoxy groups -OCH3 is 1. The predicted molar refractivity (Wildman–Crippen MR) is 116 cm³/mol. The molecule has 0 radical (unpaired) electrons. The highest BCUT2D eigenvalue weighted by atomic mass is 19.2. The molecule has 168 valence electrons. The van der Waals surface area contributed by atoms with E-state index in [2.05, 4.69) is 4.98 Å². The molecule has 0 amide bonds. The van der Waals surface area contributed by atoms with Gasteiger partial charge in [0.05, 0.1) is 30.1 Å². The van der Waals surface area contributed by atoms with Gasteiger partial charge in [-0.05, 0) is 30.9 Å². The minimum absolute atomic E-state index is 0.0570. The SMILES string of the molecule is CC.COCc1c(C(O)C=O)cc2n(c1=O)Cc1c-2nc2cc(F)c(F)c3c2c1CCC3. The van der Waals surface area contributed by atoms with Gasteiger partial charge in [0.2, 0.25) is 0 Å². The number of hydrogen-bond donors (Lipinski definition) is 1. The van der Waals surface area contributed by atoms with E-state index >= 15 is 0 Å². The lowest BCUT2D eigenvalue weighted by Crippen LogP contribution is -2.26. The molecule has 3 aromatic rings. The number of aromatic nitrogens is 2. The van der Waals surface area contributed by atoms with Crippen LogP contribution in [-0.2, 0) is 35.5 Å². The topological polar surface area (TPSA) is 81.4 Å². The largest absolute Gasteiger partial charge is 0.381 e. The van der Waals surface area contributed by atoms with Crippen LogP contribution in [-0.4, -0.2) is 28.1 Å². The maximum Gasteiger partial charge on any atom is 0.257 e. The molecule has 2 aromatic heterocycles. The van der Waals surface area contributed by atoms with Crippen LogP contribution in [0, 0.1) is 11.6 Å². The summed E-state index contributed by atoms with van der Waals surface area (Å²) in [6, 6.07) is 2.65. The molecule has 1 atom stereocenters. The number of carbonyl (C=O) groups is 1. The van der Waals surface area contributed by atoms with E-state index in [1.165, 1.54) is 11.7 Å². The van der Waals surface area contributed by atoms with E-state index in [-0.39, 0.29) is 29.8 Å². The van der Waals surface area contributed by atoms with Crippen LogP contribution in [0.3, 0.4) is 0 Å². The van der Waals surface area contributed by atoms with Gasteiger partial charge in [0.25, 0.3) is 5.56 Å². The summed E-state index contributed by atoms with van der Waals surface area (Å²) < 4.78 is 35.2. The molecule has 0 spiro atoms. The summed E-state index contributed by atoms with van der Waals surface area (Å²) in [6.45, 7) is 4.19.